The number of nitrogens with zero attached hydrogens (tertiary/aromatic N) is 2. The third-order valence-corrected chi connectivity index (χ3v) is 3.38. The van der Waals surface area contributed by atoms with E-state index in [4.69, 9.17) is 4.52 Å². The minimum atomic E-state index is -0.395. The predicted molar refractivity (Wildman–Crippen MR) is 80.7 cm³/mol. The van der Waals surface area contributed by atoms with Crippen molar-refractivity contribution in [1.29, 1.82) is 0 Å². The SMILES string of the molecule is CNc1cccc(NC(C)c2c(C)noc2C)c1[N+](=O)[O-]. The number of aromatic nitrogens is 1. The van der Waals surface area contributed by atoms with Gasteiger partial charge in [0, 0.05) is 12.6 Å². The highest BCUT2D eigenvalue weighted by Crippen LogP contribution is 2.35. The average molecular weight is 290 g/mol. The standard InChI is InChI=1S/C14H18N4O3/c1-8(13-9(2)17-21-10(13)3)16-12-7-5-6-11(15-4)14(12)18(19)20/h5-8,15-16H,1-4H3. The number of nitrogens with one attached hydrogen (secondary N) is 2. The second-order valence-electron chi connectivity index (χ2n) is 4.81. The highest BCUT2D eigenvalue weighted by molar-refractivity contribution is 5.76. The van der Waals surface area contributed by atoms with E-state index in [-0.39, 0.29) is 11.7 Å². The Morgan fingerprint density at radius 3 is 2.52 bits per heavy atom. The number of nitro benzene ring substituents is 1. The molecule has 2 rings (SSSR count). The van der Waals surface area contributed by atoms with Crippen LogP contribution in [0.3, 0.4) is 0 Å². The van der Waals surface area contributed by atoms with Gasteiger partial charge in [0.25, 0.3) is 0 Å². The molecule has 0 aliphatic heterocycles. The van der Waals surface area contributed by atoms with Gasteiger partial charge in [0.1, 0.15) is 17.1 Å². The maximum Gasteiger partial charge on any atom is 0.315 e. The fourth-order valence-corrected chi connectivity index (χ4v) is 2.47. The first-order valence-electron chi connectivity index (χ1n) is 6.60. The van der Waals surface area contributed by atoms with Gasteiger partial charge in [0.15, 0.2) is 0 Å². The topological polar surface area (TPSA) is 93.2 Å². The summed E-state index contributed by atoms with van der Waals surface area (Å²) in [6.45, 7) is 5.59. The van der Waals surface area contributed by atoms with Crippen LogP contribution in [0.2, 0.25) is 0 Å². The zero-order chi connectivity index (χ0) is 15.6. The van der Waals surface area contributed by atoms with E-state index in [0.717, 1.165) is 11.3 Å². The lowest BCUT2D eigenvalue weighted by atomic mass is 10.1. The van der Waals surface area contributed by atoms with Gasteiger partial charge in [0.2, 0.25) is 0 Å². The average Bonchev–Trinajstić information content (AvgIpc) is 2.77. The second-order valence-corrected chi connectivity index (χ2v) is 4.81. The first-order chi connectivity index (χ1) is 9.95. The van der Waals surface area contributed by atoms with Crippen molar-refractivity contribution in [3.05, 3.63) is 45.3 Å². The van der Waals surface area contributed by atoms with Gasteiger partial charge in [-0.05, 0) is 32.9 Å². The number of para-hydroxylation sites is 1. The van der Waals surface area contributed by atoms with Crippen LogP contribution in [-0.4, -0.2) is 17.1 Å². The summed E-state index contributed by atoms with van der Waals surface area (Å²) in [5, 5.41) is 21.2. The van der Waals surface area contributed by atoms with Crippen molar-refractivity contribution < 1.29 is 9.45 Å². The third-order valence-electron chi connectivity index (χ3n) is 3.38. The van der Waals surface area contributed by atoms with Crippen LogP contribution in [-0.2, 0) is 0 Å². The lowest BCUT2D eigenvalue weighted by Crippen LogP contribution is -2.10. The number of benzene rings is 1. The first-order valence-corrected chi connectivity index (χ1v) is 6.60. The monoisotopic (exact) mass is 290 g/mol. The maximum atomic E-state index is 11.3. The molecular formula is C14H18N4O3. The Balaban J connectivity index is 2.38. The Morgan fingerprint density at radius 1 is 1.33 bits per heavy atom. The molecule has 7 nitrogen and oxygen atoms in total. The molecule has 21 heavy (non-hydrogen) atoms. The van der Waals surface area contributed by atoms with Crippen molar-refractivity contribution in [2.75, 3.05) is 17.7 Å². The Morgan fingerprint density at radius 2 is 2.00 bits per heavy atom. The molecule has 0 fully saturated rings. The van der Waals surface area contributed by atoms with Crippen molar-refractivity contribution in [1.82, 2.24) is 5.16 Å². The van der Waals surface area contributed by atoms with Gasteiger partial charge < -0.3 is 15.2 Å². The fraction of sp³-hybridized carbons (Fsp3) is 0.357. The molecule has 0 bridgehead atoms. The first kappa shape index (κ1) is 14.8. The zero-order valence-corrected chi connectivity index (χ0v) is 12.4. The van der Waals surface area contributed by atoms with Crippen LogP contribution in [0.25, 0.3) is 0 Å². The van der Waals surface area contributed by atoms with E-state index in [1.54, 1.807) is 25.2 Å². The molecule has 1 aromatic heterocycles. The Kier molecular flexibility index (Phi) is 4.11. The van der Waals surface area contributed by atoms with Crippen molar-refractivity contribution in [3.8, 4) is 0 Å². The highest BCUT2D eigenvalue weighted by atomic mass is 16.6. The number of rotatable bonds is 5. The molecule has 0 spiro atoms. The predicted octanol–water partition coefficient (Wildman–Crippen LogP) is 3.41. The van der Waals surface area contributed by atoms with E-state index in [2.05, 4.69) is 15.8 Å². The minimum Gasteiger partial charge on any atom is -0.382 e. The number of aryl methyl sites for hydroxylation is 2. The molecule has 1 heterocycles. The van der Waals surface area contributed by atoms with E-state index < -0.39 is 4.92 Å². The second kappa shape index (κ2) is 5.82. The molecule has 7 heteroatoms. The van der Waals surface area contributed by atoms with Crippen LogP contribution in [0.4, 0.5) is 17.1 Å². The molecule has 0 aliphatic rings. The quantitative estimate of drug-likeness (QED) is 0.647. The Hall–Kier alpha value is -2.57. The number of hydrogen-bond donors (Lipinski definition) is 2. The molecule has 0 saturated carbocycles. The van der Waals surface area contributed by atoms with Crippen LogP contribution < -0.4 is 10.6 Å². The summed E-state index contributed by atoms with van der Waals surface area (Å²) < 4.78 is 5.14. The van der Waals surface area contributed by atoms with Crippen LogP contribution in [0.15, 0.2) is 22.7 Å². The molecule has 0 amide bonds. The molecule has 0 saturated heterocycles. The molecule has 112 valence electrons. The lowest BCUT2D eigenvalue weighted by Gasteiger charge is -2.16. The summed E-state index contributed by atoms with van der Waals surface area (Å²) in [6, 6.07) is 4.97. The van der Waals surface area contributed by atoms with Crippen molar-refractivity contribution in [2.45, 2.75) is 26.8 Å². The Labute approximate surface area is 122 Å². The van der Waals surface area contributed by atoms with E-state index in [1.165, 1.54) is 0 Å². The van der Waals surface area contributed by atoms with Gasteiger partial charge in [-0.2, -0.15) is 0 Å². The van der Waals surface area contributed by atoms with Gasteiger partial charge in [-0.25, -0.2) is 0 Å². The summed E-state index contributed by atoms with van der Waals surface area (Å²) in [7, 11) is 1.66. The van der Waals surface area contributed by atoms with Gasteiger partial charge in [-0.1, -0.05) is 11.2 Å². The van der Waals surface area contributed by atoms with Gasteiger partial charge in [-0.3, -0.25) is 10.1 Å². The van der Waals surface area contributed by atoms with E-state index in [0.29, 0.717) is 17.1 Å². The van der Waals surface area contributed by atoms with Crippen molar-refractivity contribution in [3.63, 3.8) is 0 Å². The van der Waals surface area contributed by atoms with Crippen LogP contribution in [0.5, 0.6) is 0 Å². The smallest absolute Gasteiger partial charge is 0.315 e. The van der Waals surface area contributed by atoms with Crippen LogP contribution >= 0.6 is 0 Å². The molecule has 1 unspecified atom stereocenters. The van der Waals surface area contributed by atoms with E-state index in [9.17, 15) is 10.1 Å². The highest BCUT2D eigenvalue weighted by Gasteiger charge is 2.22. The van der Waals surface area contributed by atoms with Crippen molar-refractivity contribution >= 4 is 17.1 Å². The zero-order valence-electron chi connectivity index (χ0n) is 12.4. The van der Waals surface area contributed by atoms with Gasteiger partial charge in [-0.15, -0.1) is 0 Å². The summed E-state index contributed by atoms with van der Waals surface area (Å²) in [4.78, 5) is 10.9. The van der Waals surface area contributed by atoms with Gasteiger partial charge in [0.05, 0.1) is 16.7 Å². The molecule has 1 atom stereocenters. The van der Waals surface area contributed by atoms with Crippen LogP contribution in [0.1, 0.15) is 30.0 Å². The molecular weight excluding hydrogens is 272 g/mol. The minimum absolute atomic E-state index is 0.0265. The Bertz CT molecular complexity index is 647. The van der Waals surface area contributed by atoms with E-state index in [1.807, 2.05) is 20.8 Å². The molecule has 2 aromatic rings. The lowest BCUT2D eigenvalue weighted by molar-refractivity contribution is -0.383. The number of hydrogen-bond acceptors (Lipinski definition) is 6. The largest absolute Gasteiger partial charge is 0.382 e. The maximum absolute atomic E-state index is 11.3. The summed E-state index contributed by atoms with van der Waals surface area (Å²) in [6.07, 6.45) is 0. The summed E-state index contributed by atoms with van der Waals surface area (Å²) >= 11 is 0. The molecule has 2 N–H and O–H groups in total. The summed E-state index contributed by atoms with van der Waals surface area (Å²) in [5.41, 5.74) is 2.65. The molecule has 0 radical (unpaired) electrons. The molecule has 0 aliphatic carbocycles. The van der Waals surface area contributed by atoms with E-state index >= 15 is 0 Å². The summed E-state index contributed by atoms with van der Waals surface area (Å²) in [5.74, 6) is 0.708. The fourth-order valence-electron chi connectivity index (χ4n) is 2.47. The number of nitro groups is 1. The van der Waals surface area contributed by atoms with Crippen LogP contribution in [0, 0.1) is 24.0 Å². The van der Waals surface area contributed by atoms with Crippen molar-refractivity contribution in [2.24, 2.45) is 0 Å². The number of anilines is 2. The molecule has 1 aromatic carbocycles. The van der Waals surface area contributed by atoms with Gasteiger partial charge >= 0.3 is 5.69 Å². The third kappa shape index (κ3) is 2.81. The normalized spacial score (nSPS) is 12.0.